The van der Waals surface area contributed by atoms with Gasteiger partial charge < -0.3 is 15.7 Å². The number of tetrazole rings is 1. The SMILES string of the molecule is Cn1nnc(-c2c(F)cc(Cl)cc2-c2ccc3c(c2)CCC3(C)NC(=O)O)n1.O=C(NC1CC1)C(F)(F)F. The number of hydrogen-bond donors (Lipinski definition) is 3. The van der Waals surface area contributed by atoms with Gasteiger partial charge in [0.05, 0.1) is 18.2 Å². The highest BCUT2D eigenvalue weighted by atomic mass is 35.5. The van der Waals surface area contributed by atoms with Crippen molar-refractivity contribution in [1.82, 2.24) is 30.8 Å². The molecule has 0 radical (unpaired) electrons. The molecule has 2 aliphatic rings. The standard InChI is InChI=1S/C19H17ClFN5O2.C5H6F3NO/c1-19(22-18(27)28)6-5-11-7-10(3-4-14(11)19)13-8-12(20)9-15(21)16(13)17-23-25-26(2)24-17;6-5(7,8)4(10)9-3-1-2-3/h3-4,7-9,22H,5-6H2,1-2H3,(H,27,28);3H,1-2H2,(H,9,10). The Morgan fingerprint density at radius 2 is 1.92 bits per heavy atom. The first kappa shape index (κ1) is 27.3. The molecule has 3 aromatic rings. The third kappa shape index (κ3) is 6.04. The predicted octanol–water partition coefficient (Wildman–Crippen LogP) is 4.59. The van der Waals surface area contributed by atoms with Crippen molar-refractivity contribution in [3.05, 3.63) is 52.3 Å². The summed E-state index contributed by atoms with van der Waals surface area (Å²) < 4.78 is 49.0. The number of nitrogens with zero attached hydrogens (tertiary/aromatic N) is 4. The second-order valence-corrected chi connectivity index (χ2v) is 9.73. The van der Waals surface area contributed by atoms with Crippen LogP contribution in [0, 0.1) is 5.82 Å². The molecule has 1 unspecified atom stereocenters. The Kier molecular flexibility index (Phi) is 7.33. The van der Waals surface area contributed by atoms with Crippen LogP contribution >= 0.6 is 11.6 Å². The number of nitrogens with one attached hydrogen (secondary N) is 2. The van der Waals surface area contributed by atoms with Crippen molar-refractivity contribution in [2.24, 2.45) is 7.05 Å². The number of halogens is 5. The Bertz CT molecular complexity index is 1390. The molecule has 9 nitrogen and oxygen atoms in total. The van der Waals surface area contributed by atoms with Crippen LogP contribution in [-0.4, -0.2) is 49.5 Å². The van der Waals surface area contributed by atoms with Crippen LogP contribution in [0.25, 0.3) is 22.5 Å². The lowest BCUT2D eigenvalue weighted by molar-refractivity contribution is -0.173. The minimum absolute atomic E-state index is 0.171. The molecule has 0 saturated heterocycles. The lowest BCUT2D eigenvalue weighted by Crippen LogP contribution is -2.40. The summed E-state index contributed by atoms with van der Waals surface area (Å²) in [7, 11) is 1.61. The van der Waals surface area contributed by atoms with Crippen LogP contribution < -0.4 is 10.6 Å². The highest BCUT2D eigenvalue weighted by Crippen LogP contribution is 2.41. The number of carbonyl (C=O) groups excluding carboxylic acids is 1. The van der Waals surface area contributed by atoms with Crippen molar-refractivity contribution in [2.45, 2.75) is 50.4 Å². The monoisotopic (exact) mass is 554 g/mol. The molecular formula is C24H23ClF4N6O3. The minimum atomic E-state index is -4.72. The van der Waals surface area contributed by atoms with Crippen molar-refractivity contribution in [3.63, 3.8) is 0 Å². The Labute approximate surface area is 219 Å². The van der Waals surface area contributed by atoms with Gasteiger partial charge in [-0.15, -0.1) is 10.2 Å². The van der Waals surface area contributed by atoms with E-state index in [1.165, 1.54) is 10.9 Å². The summed E-state index contributed by atoms with van der Waals surface area (Å²) in [6.07, 6.45) is -3.08. The van der Waals surface area contributed by atoms with Crippen LogP contribution in [0.1, 0.15) is 37.3 Å². The lowest BCUT2D eigenvalue weighted by Gasteiger charge is -2.25. The summed E-state index contributed by atoms with van der Waals surface area (Å²) in [5.74, 6) is -2.19. The number of aryl methyl sites for hydroxylation is 2. The smallest absolute Gasteiger partial charge is 0.465 e. The number of carboxylic acid groups (broad SMARTS) is 1. The lowest BCUT2D eigenvalue weighted by atomic mass is 9.91. The van der Waals surface area contributed by atoms with Gasteiger partial charge in [-0.2, -0.15) is 18.0 Å². The fourth-order valence-electron chi connectivity index (χ4n) is 4.30. The molecule has 1 aromatic heterocycles. The largest absolute Gasteiger partial charge is 0.471 e. The number of carbonyl (C=O) groups is 2. The summed E-state index contributed by atoms with van der Waals surface area (Å²) in [4.78, 5) is 22.5. The van der Waals surface area contributed by atoms with E-state index in [9.17, 15) is 27.2 Å². The normalized spacial score (nSPS) is 18.3. The first-order valence-corrected chi connectivity index (χ1v) is 11.9. The quantitative estimate of drug-likeness (QED) is 0.405. The van der Waals surface area contributed by atoms with Crippen LogP contribution in [0.4, 0.5) is 22.4 Å². The number of rotatable bonds is 4. The van der Waals surface area contributed by atoms with Crippen molar-refractivity contribution in [2.75, 3.05) is 0 Å². The Morgan fingerprint density at radius 3 is 2.50 bits per heavy atom. The summed E-state index contributed by atoms with van der Waals surface area (Å²) in [5.41, 5.74) is 2.81. The van der Waals surface area contributed by atoms with Gasteiger partial charge in [-0.05, 0) is 72.2 Å². The van der Waals surface area contributed by atoms with Crippen LogP contribution in [0.2, 0.25) is 5.02 Å². The van der Waals surface area contributed by atoms with Gasteiger partial charge in [-0.1, -0.05) is 29.8 Å². The molecule has 2 amide bonds. The molecule has 0 spiro atoms. The molecule has 2 aliphatic carbocycles. The van der Waals surface area contributed by atoms with E-state index in [4.69, 9.17) is 16.7 Å². The van der Waals surface area contributed by atoms with Crippen molar-refractivity contribution >= 4 is 23.6 Å². The molecule has 1 heterocycles. The van der Waals surface area contributed by atoms with Crippen molar-refractivity contribution in [3.8, 4) is 22.5 Å². The fraction of sp³-hybridized carbons (Fsp3) is 0.375. The minimum Gasteiger partial charge on any atom is -0.465 e. The van der Waals surface area contributed by atoms with Crippen LogP contribution in [0.3, 0.4) is 0 Å². The molecule has 0 bridgehead atoms. The summed E-state index contributed by atoms with van der Waals surface area (Å²) in [6.45, 7) is 1.86. The zero-order chi connectivity index (χ0) is 27.8. The van der Waals surface area contributed by atoms with E-state index < -0.39 is 29.5 Å². The van der Waals surface area contributed by atoms with Gasteiger partial charge >= 0.3 is 18.2 Å². The van der Waals surface area contributed by atoms with Crippen molar-refractivity contribution < 1.29 is 32.3 Å². The maximum atomic E-state index is 14.8. The molecule has 2 aromatic carbocycles. The van der Waals surface area contributed by atoms with Gasteiger partial charge in [-0.3, -0.25) is 4.79 Å². The topological polar surface area (TPSA) is 122 Å². The molecule has 3 N–H and O–H groups in total. The Balaban J connectivity index is 0.000000283. The second-order valence-electron chi connectivity index (χ2n) is 9.29. The van der Waals surface area contributed by atoms with Crippen LogP contribution in [0.5, 0.6) is 0 Å². The molecular weight excluding hydrogens is 532 g/mol. The molecule has 38 heavy (non-hydrogen) atoms. The average Bonchev–Trinajstić information content (AvgIpc) is 3.44. The average molecular weight is 555 g/mol. The van der Waals surface area contributed by atoms with E-state index in [-0.39, 0.29) is 22.5 Å². The van der Waals surface area contributed by atoms with Gasteiger partial charge in [0.2, 0.25) is 5.82 Å². The van der Waals surface area contributed by atoms with Crippen molar-refractivity contribution in [1.29, 1.82) is 0 Å². The highest BCUT2D eigenvalue weighted by Gasteiger charge is 2.41. The number of fused-ring (bicyclic) bond motifs is 1. The number of benzene rings is 2. The summed E-state index contributed by atoms with van der Waals surface area (Å²) in [5, 5.41) is 25.7. The van der Waals surface area contributed by atoms with E-state index in [1.54, 1.807) is 13.1 Å². The van der Waals surface area contributed by atoms with Gasteiger partial charge in [0, 0.05) is 11.1 Å². The molecule has 1 saturated carbocycles. The molecule has 1 fully saturated rings. The number of hydrogen-bond acceptors (Lipinski definition) is 5. The molecule has 0 aliphatic heterocycles. The number of amides is 2. The summed E-state index contributed by atoms with van der Waals surface area (Å²) in [6, 6.07) is 8.31. The zero-order valence-electron chi connectivity index (χ0n) is 20.2. The first-order valence-electron chi connectivity index (χ1n) is 11.5. The van der Waals surface area contributed by atoms with Gasteiger partial charge in [0.1, 0.15) is 5.82 Å². The van der Waals surface area contributed by atoms with E-state index in [0.29, 0.717) is 31.2 Å². The third-order valence-corrected chi connectivity index (χ3v) is 6.46. The van der Waals surface area contributed by atoms with E-state index >= 15 is 0 Å². The Hall–Kier alpha value is -3.74. The van der Waals surface area contributed by atoms with E-state index in [0.717, 1.165) is 16.7 Å². The molecule has 14 heteroatoms. The Morgan fingerprint density at radius 1 is 1.21 bits per heavy atom. The zero-order valence-corrected chi connectivity index (χ0v) is 21.0. The van der Waals surface area contributed by atoms with Gasteiger partial charge in [-0.25, -0.2) is 9.18 Å². The maximum Gasteiger partial charge on any atom is 0.471 e. The molecule has 1 atom stereocenters. The molecule has 202 valence electrons. The van der Waals surface area contributed by atoms with E-state index in [1.807, 2.05) is 30.4 Å². The maximum absolute atomic E-state index is 14.8. The van der Waals surface area contributed by atoms with Gasteiger partial charge in [0.25, 0.3) is 0 Å². The first-order chi connectivity index (χ1) is 17.8. The third-order valence-electron chi connectivity index (χ3n) is 6.24. The summed E-state index contributed by atoms with van der Waals surface area (Å²) >= 11 is 6.11. The highest BCUT2D eigenvalue weighted by molar-refractivity contribution is 6.31. The predicted molar refractivity (Wildman–Crippen MR) is 129 cm³/mol. The number of aromatic nitrogens is 4. The fourth-order valence-corrected chi connectivity index (χ4v) is 4.50. The van der Waals surface area contributed by atoms with Gasteiger partial charge in [0.15, 0.2) is 0 Å². The van der Waals surface area contributed by atoms with Crippen LogP contribution in [-0.2, 0) is 23.8 Å². The molecule has 5 rings (SSSR count). The van der Waals surface area contributed by atoms with E-state index in [2.05, 4.69) is 20.7 Å². The second kappa shape index (κ2) is 10.2. The number of alkyl halides is 3. The van der Waals surface area contributed by atoms with Crippen LogP contribution in [0.15, 0.2) is 30.3 Å².